The van der Waals surface area contributed by atoms with Crippen molar-refractivity contribution in [3.05, 3.63) is 34.9 Å². The molecule has 1 aromatic rings. The van der Waals surface area contributed by atoms with Gasteiger partial charge >= 0.3 is 0 Å². The molecule has 1 unspecified atom stereocenters. The van der Waals surface area contributed by atoms with Gasteiger partial charge < -0.3 is 11.1 Å². The second-order valence-corrected chi connectivity index (χ2v) is 6.46. The molecule has 3 nitrogen and oxygen atoms in total. The third-order valence-corrected chi connectivity index (χ3v) is 3.48. The highest BCUT2D eigenvalue weighted by Gasteiger charge is 2.23. The summed E-state index contributed by atoms with van der Waals surface area (Å²) in [6, 6.07) is 7.27. The van der Waals surface area contributed by atoms with Gasteiger partial charge in [-0.3, -0.25) is 4.79 Å². The predicted molar refractivity (Wildman–Crippen MR) is 80.1 cm³/mol. The van der Waals surface area contributed by atoms with E-state index >= 15 is 0 Å². The molecule has 0 fully saturated rings. The number of nitrogens with one attached hydrogen (secondary N) is 1. The number of rotatable bonds is 4. The lowest BCUT2D eigenvalue weighted by atomic mass is 9.85. The summed E-state index contributed by atoms with van der Waals surface area (Å²) < 4.78 is 0. The standard InChI is InChI=1S/C15H23ClN2O/c1-10(11-6-5-7-12(16)8-11)18-14(19)9-13(17)15(2,3)4/h5-8,10,13H,9,17H2,1-4H3,(H,18,19)/t10-,13?/m1/s1. The van der Waals surface area contributed by atoms with Crippen LogP contribution < -0.4 is 11.1 Å². The van der Waals surface area contributed by atoms with Gasteiger partial charge in [0.25, 0.3) is 0 Å². The Labute approximate surface area is 120 Å². The molecule has 0 bridgehead atoms. The number of hydrogen-bond acceptors (Lipinski definition) is 2. The molecule has 1 amide bonds. The van der Waals surface area contributed by atoms with Crippen molar-refractivity contribution in [1.82, 2.24) is 5.32 Å². The van der Waals surface area contributed by atoms with Crippen molar-refractivity contribution in [1.29, 1.82) is 0 Å². The first kappa shape index (κ1) is 16.0. The third kappa shape index (κ3) is 5.21. The Morgan fingerprint density at radius 2 is 2.05 bits per heavy atom. The van der Waals surface area contributed by atoms with E-state index in [4.69, 9.17) is 17.3 Å². The van der Waals surface area contributed by atoms with Gasteiger partial charge in [-0.25, -0.2) is 0 Å². The van der Waals surface area contributed by atoms with Crippen LogP contribution in [0, 0.1) is 5.41 Å². The molecule has 0 saturated heterocycles. The quantitative estimate of drug-likeness (QED) is 0.890. The second-order valence-electron chi connectivity index (χ2n) is 6.02. The Kier molecular flexibility index (Phi) is 5.39. The van der Waals surface area contributed by atoms with Crippen LogP contribution >= 0.6 is 11.6 Å². The van der Waals surface area contributed by atoms with Crippen LogP contribution in [0.4, 0.5) is 0 Å². The molecule has 0 aromatic heterocycles. The molecule has 106 valence electrons. The summed E-state index contributed by atoms with van der Waals surface area (Å²) in [7, 11) is 0. The molecule has 19 heavy (non-hydrogen) atoms. The summed E-state index contributed by atoms with van der Waals surface area (Å²) in [4.78, 5) is 11.9. The average Bonchev–Trinajstić information content (AvgIpc) is 2.27. The largest absolute Gasteiger partial charge is 0.350 e. The Balaban J connectivity index is 2.58. The van der Waals surface area contributed by atoms with E-state index in [9.17, 15) is 4.79 Å². The number of hydrogen-bond donors (Lipinski definition) is 2. The smallest absolute Gasteiger partial charge is 0.222 e. The van der Waals surface area contributed by atoms with Crippen molar-refractivity contribution in [3.63, 3.8) is 0 Å². The van der Waals surface area contributed by atoms with Crippen LogP contribution in [0.15, 0.2) is 24.3 Å². The highest BCUT2D eigenvalue weighted by Crippen LogP contribution is 2.21. The SMILES string of the molecule is C[C@@H](NC(=O)CC(N)C(C)(C)C)c1cccc(Cl)c1. The lowest BCUT2D eigenvalue weighted by Gasteiger charge is -2.27. The number of halogens is 1. The van der Waals surface area contributed by atoms with Crippen LogP contribution in [0.2, 0.25) is 5.02 Å². The van der Waals surface area contributed by atoms with E-state index in [0.29, 0.717) is 11.4 Å². The van der Waals surface area contributed by atoms with E-state index in [0.717, 1.165) is 5.56 Å². The lowest BCUT2D eigenvalue weighted by Crippen LogP contribution is -2.40. The fourth-order valence-corrected chi connectivity index (χ4v) is 1.86. The minimum absolute atomic E-state index is 0.0325. The molecular formula is C15H23ClN2O. The molecular weight excluding hydrogens is 260 g/mol. The molecule has 1 rings (SSSR count). The van der Waals surface area contributed by atoms with Crippen LogP contribution in [0.1, 0.15) is 45.7 Å². The van der Waals surface area contributed by atoms with Crippen LogP contribution in [0.25, 0.3) is 0 Å². The van der Waals surface area contributed by atoms with Gasteiger partial charge in [0.05, 0.1) is 6.04 Å². The normalized spacial score (nSPS) is 14.8. The third-order valence-electron chi connectivity index (χ3n) is 3.24. The van der Waals surface area contributed by atoms with Gasteiger partial charge in [0.15, 0.2) is 0 Å². The first-order valence-electron chi connectivity index (χ1n) is 6.50. The molecule has 0 saturated carbocycles. The van der Waals surface area contributed by atoms with Crippen molar-refractivity contribution in [2.75, 3.05) is 0 Å². The summed E-state index contributed by atoms with van der Waals surface area (Å²) in [6.07, 6.45) is 0.328. The molecule has 0 aliphatic heterocycles. The van der Waals surface area contributed by atoms with E-state index in [1.807, 2.05) is 52.0 Å². The van der Waals surface area contributed by atoms with Gasteiger partial charge in [-0.1, -0.05) is 44.5 Å². The minimum Gasteiger partial charge on any atom is -0.350 e. The molecule has 0 radical (unpaired) electrons. The predicted octanol–water partition coefficient (Wildman–Crippen LogP) is 3.28. The van der Waals surface area contributed by atoms with Crippen LogP contribution in [-0.2, 0) is 4.79 Å². The molecule has 1 aromatic carbocycles. The summed E-state index contributed by atoms with van der Waals surface area (Å²) in [5.74, 6) is -0.0325. The number of amides is 1. The number of benzene rings is 1. The zero-order valence-corrected chi connectivity index (χ0v) is 12.8. The van der Waals surface area contributed by atoms with Crippen molar-refractivity contribution in [2.45, 2.75) is 46.2 Å². The maximum Gasteiger partial charge on any atom is 0.222 e. The maximum atomic E-state index is 11.9. The summed E-state index contributed by atoms with van der Waals surface area (Å²) >= 11 is 5.94. The van der Waals surface area contributed by atoms with Gasteiger partial charge in [0, 0.05) is 17.5 Å². The number of nitrogens with two attached hydrogens (primary N) is 1. The molecule has 0 spiro atoms. The molecule has 2 atom stereocenters. The van der Waals surface area contributed by atoms with E-state index < -0.39 is 0 Å². The van der Waals surface area contributed by atoms with Crippen molar-refractivity contribution in [2.24, 2.45) is 11.1 Å². The monoisotopic (exact) mass is 282 g/mol. The van der Waals surface area contributed by atoms with Gasteiger partial charge in [0.2, 0.25) is 5.91 Å². The second kappa shape index (κ2) is 6.40. The van der Waals surface area contributed by atoms with Crippen molar-refractivity contribution >= 4 is 17.5 Å². The summed E-state index contributed by atoms with van der Waals surface area (Å²) in [5, 5.41) is 3.62. The van der Waals surface area contributed by atoms with E-state index in [1.165, 1.54) is 0 Å². The van der Waals surface area contributed by atoms with E-state index in [-0.39, 0.29) is 23.4 Å². The van der Waals surface area contributed by atoms with E-state index in [2.05, 4.69) is 5.32 Å². The topological polar surface area (TPSA) is 55.1 Å². The first-order valence-corrected chi connectivity index (χ1v) is 6.88. The van der Waals surface area contributed by atoms with E-state index in [1.54, 1.807) is 0 Å². The zero-order valence-electron chi connectivity index (χ0n) is 12.0. The Morgan fingerprint density at radius 1 is 1.42 bits per heavy atom. The fraction of sp³-hybridized carbons (Fsp3) is 0.533. The Bertz CT molecular complexity index is 440. The lowest BCUT2D eigenvalue weighted by molar-refractivity contribution is -0.122. The summed E-state index contributed by atoms with van der Waals surface area (Å²) in [6.45, 7) is 8.04. The van der Waals surface area contributed by atoms with Gasteiger partial charge in [0.1, 0.15) is 0 Å². The molecule has 0 aliphatic carbocycles. The Hall–Kier alpha value is -1.06. The fourth-order valence-electron chi connectivity index (χ4n) is 1.67. The van der Waals surface area contributed by atoms with Crippen LogP contribution in [0.5, 0.6) is 0 Å². The number of carbonyl (C=O) groups is 1. The summed E-state index contributed by atoms with van der Waals surface area (Å²) in [5.41, 5.74) is 6.93. The molecule has 0 aliphatic rings. The maximum absolute atomic E-state index is 11.9. The average molecular weight is 283 g/mol. The molecule has 0 heterocycles. The molecule has 3 N–H and O–H groups in total. The van der Waals surface area contributed by atoms with Crippen LogP contribution in [0.3, 0.4) is 0 Å². The van der Waals surface area contributed by atoms with Gasteiger partial charge in [-0.05, 0) is 30.0 Å². The van der Waals surface area contributed by atoms with Crippen LogP contribution in [-0.4, -0.2) is 11.9 Å². The van der Waals surface area contributed by atoms with Crippen molar-refractivity contribution < 1.29 is 4.79 Å². The number of carbonyl (C=O) groups excluding carboxylic acids is 1. The highest BCUT2D eigenvalue weighted by molar-refractivity contribution is 6.30. The zero-order chi connectivity index (χ0) is 14.6. The minimum atomic E-state index is -0.154. The highest BCUT2D eigenvalue weighted by atomic mass is 35.5. The first-order chi connectivity index (χ1) is 8.70. The van der Waals surface area contributed by atoms with Gasteiger partial charge in [-0.2, -0.15) is 0 Å². The Morgan fingerprint density at radius 3 is 2.58 bits per heavy atom. The van der Waals surface area contributed by atoms with Crippen molar-refractivity contribution in [3.8, 4) is 0 Å². The molecule has 4 heteroatoms. The van der Waals surface area contributed by atoms with Gasteiger partial charge in [-0.15, -0.1) is 0 Å².